The van der Waals surface area contributed by atoms with Gasteiger partial charge in [-0.3, -0.25) is 4.98 Å². The molecule has 0 radical (unpaired) electrons. The summed E-state index contributed by atoms with van der Waals surface area (Å²) < 4.78 is 5.52. The lowest BCUT2D eigenvalue weighted by Gasteiger charge is -2.36. The molecule has 122 valence electrons. The Morgan fingerprint density at radius 2 is 2.23 bits per heavy atom. The minimum absolute atomic E-state index is 0.197. The molecule has 1 saturated heterocycles. The second-order valence-electron chi connectivity index (χ2n) is 6.78. The van der Waals surface area contributed by atoms with Gasteiger partial charge in [0.2, 0.25) is 0 Å². The summed E-state index contributed by atoms with van der Waals surface area (Å²) in [6, 6.07) is 6.10. The minimum atomic E-state index is -0.444. The Bertz CT molecular complexity index is 471. The molecule has 1 N–H and O–H groups in total. The third-order valence-electron chi connectivity index (χ3n) is 3.67. The Hall–Kier alpha value is -1.62. The number of aromatic nitrogens is 1. The van der Waals surface area contributed by atoms with E-state index < -0.39 is 5.60 Å². The molecule has 1 aromatic rings. The van der Waals surface area contributed by atoms with Crippen molar-refractivity contribution in [2.45, 2.75) is 58.2 Å². The molecule has 0 saturated carbocycles. The van der Waals surface area contributed by atoms with Crippen LogP contribution in [0.15, 0.2) is 24.4 Å². The molecule has 1 aromatic heterocycles. The van der Waals surface area contributed by atoms with Crippen LogP contribution in [0.3, 0.4) is 0 Å². The van der Waals surface area contributed by atoms with Gasteiger partial charge in [-0.05, 0) is 52.2 Å². The number of likely N-dealkylation sites (tertiary alicyclic amines) is 1. The van der Waals surface area contributed by atoms with E-state index in [1.54, 1.807) is 6.20 Å². The number of nitrogens with zero attached hydrogens (tertiary/aromatic N) is 2. The number of piperidine rings is 1. The standard InChI is InChI=1S/C17H27N3O2/c1-17(2,3)22-16(21)20-11-7-5-9-15(20)13-18-12-14-8-4-6-10-19-14/h4,6,8,10,15,18H,5,7,9,11-13H2,1-3H3. The van der Waals surface area contributed by atoms with Crippen molar-refractivity contribution < 1.29 is 9.53 Å². The number of carbonyl (C=O) groups excluding carboxylic acids is 1. The summed E-state index contributed by atoms with van der Waals surface area (Å²) in [5, 5.41) is 3.41. The monoisotopic (exact) mass is 305 g/mol. The highest BCUT2D eigenvalue weighted by molar-refractivity contribution is 5.68. The highest BCUT2D eigenvalue weighted by atomic mass is 16.6. The predicted molar refractivity (Wildman–Crippen MR) is 86.5 cm³/mol. The molecule has 0 spiro atoms. The third-order valence-corrected chi connectivity index (χ3v) is 3.67. The van der Waals surface area contributed by atoms with Crippen LogP contribution in [0.4, 0.5) is 4.79 Å². The zero-order valence-corrected chi connectivity index (χ0v) is 13.8. The topological polar surface area (TPSA) is 54.5 Å². The van der Waals surface area contributed by atoms with E-state index in [4.69, 9.17) is 4.74 Å². The Morgan fingerprint density at radius 1 is 1.41 bits per heavy atom. The maximum absolute atomic E-state index is 12.3. The number of amides is 1. The number of carbonyl (C=O) groups is 1. The molecule has 5 heteroatoms. The molecular formula is C17H27N3O2. The lowest BCUT2D eigenvalue weighted by molar-refractivity contribution is 0.00993. The number of pyridine rings is 1. The number of ether oxygens (including phenoxy) is 1. The second-order valence-corrected chi connectivity index (χ2v) is 6.78. The van der Waals surface area contributed by atoms with Gasteiger partial charge in [0.15, 0.2) is 0 Å². The van der Waals surface area contributed by atoms with Gasteiger partial charge in [0.1, 0.15) is 5.60 Å². The Balaban J connectivity index is 1.85. The van der Waals surface area contributed by atoms with E-state index in [0.29, 0.717) is 0 Å². The number of hydrogen-bond donors (Lipinski definition) is 1. The van der Waals surface area contributed by atoms with Crippen molar-refractivity contribution in [2.75, 3.05) is 13.1 Å². The van der Waals surface area contributed by atoms with Gasteiger partial charge in [0, 0.05) is 31.9 Å². The zero-order chi connectivity index (χ0) is 16.0. The Kier molecular flexibility index (Phi) is 5.77. The molecule has 0 bridgehead atoms. The van der Waals surface area contributed by atoms with Crippen LogP contribution in [0.1, 0.15) is 45.7 Å². The minimum Gasteiger partial charge on any atom is -0.444 e. The van der Waals surface area contributed by atoms with Gasteiger partial charge in [-0.15, -0.1) is 0 Å². The van der Waals surface area contributed by atoms with E-state index in [-0.39, 0.29) is 12.1 Å². The molecule has 1 atom stereocenters. The molecule has 22 heavy (non-hydrogen) atoms. The normalized spacial score (nSPS) is 19.0. The van der Waals surface area contributed by atoms with Crippen LogP contribution >= 0.6 is 0 Å². The Morgan fingerprint density at radius 3 is 2.91 bits per heavy atom. The number of hydrogen-bond acceptors (Lipinski definition) is 4. The molecule has 1 fully saturated rings. The van der Waals surface area contributed by atoms with Crippen LogP contribution in [0.2, 0.25) is 0 Å². The van der Waals surface area contributed by atoms with Crippen LogP contribution < -0.4 is 5.32 Å². The quantitative estimate of drug-likeness (QED) is 0.929. The third kappa shape index (κ3) is 5.30. The molecular weight excluding hydrogens is 278 g/mol. The van der Waals surface area contributed by atoms with E-state index in [1.165, 1.54) is 0 Å². The molecule has 0 aromatic carbocycles. The van der Waals surface area contributed by atoms with E-state index in [1.807, 2.05) is 43.9 Å². The summed E-state index contributed by atoms with van der Waals surface area (Å²) in [5.74, 6) is 0. The van der Waals surface area contributed by atoms with Crippen LogP contribution in [-0.2, 0) is 11.3 Å². The van der Waals surface area contributed by atoms with Crippen molar-refractivity contribution in [3.63, 3.8) is 0 Å². The SMILES string of the molecule is CC(C)(C)OC(=O)N1CCCCC1CNCc1ccccn1. The van der Waals surface area contributed by atoms with Crippen molar-refractivity contribution in [1.82, 2.24) is 15.2 Å². The summed E-state index contributed by atoms with van der Waals surface area (Å²) in [4.78, 5) is 18.5. The van der Waals surface area contributed by atoms with Crippen molar-refractivity contribution in [2.24, 2.45) is 0 Å². The van der Waals surface area contributed by atoms with Crippen LogP contribution in [0.5, 0.6) is 0 Å². The lowest BCUT2D eigenvalue weighted by Crippen LogP contribution is -2.50. The van der Waals surface area contributed by atoms with Gasteiger partial charge in [0.05, 0.1) is 5.69 Å². The smallest absolute Gasteiger partial charge is 0.410 e. The first kappa shape index (κ1) is 16.7. The van der Waals surface area contributed by atoms with Crippen LogP contribution in [0.25, 0.3) is 0 Å². The summed E-state index contributed by atoms with van der Waals surface area (Å²) in [5.41, 5.74) is 0.572. The summed E-state index contributed by atoms with van der Waals surface area (Å²) in [6.45, 7) is 8.00. The van der Waals surface area contributed by atoms with Gasteiger partial charge in [-0.25, -0.2) is 4.79 Å². The van der Waals surface area contributed by atoms with Crippen molar-refractivity contribution in [1.29, 1.82) is 0 Å². The van der Waals surface area contributed by atoms with Gasteiger partial charge in [0.25, 0.3) is 0 Å². The average molecular weight is 305 g/mol. The fourth-order valence-corrected chi connectivity index (χ4v) is 2.64. The van der Waals surface area contributed by atoms with Crippen molar-refractivity contribution >= 4 is 6.09 Å². The molecule has 0 aliphatic carbocycles. The van der Waals surface area contributed by atoms with Gasteiger partial charge in [-0.1, -0.05) is 6.07 Å². The van der Waals surface area contributed by atoms with E-state index >= 15 is 0 Å². The highest BCUT2D eigenvalue weighted by Gasteiger charge is 2.30. The van der Waals surface area contributed by atoms with E-state index in [2.05, 4.69) is 10.3 Å². The van der Waals surface area contributed by atoms with Crippen molar-refractivity contribution in [3.8, 4) is 0 Å². The molecule has 1 amide bonds. The van der Waals surface area contributed by atoms with Gasteiger partial charge in [-0.2, -0.15) is 0 Å². The second kappa shape index (κ2) is 7.58. The Labute approximate surface area is 133 Å². The fraction of sp³-hybridized carbons (Fsp3) is 0.647. The van der Waals surface area contributed by atoms with Gasteiger partial charge < -0.3 is 15.0 Å². The predicted octanol–water partition coefficient (Wildman–Crippen LogP) is 2.96. The summed E-state index contributed by atoms with van der Waals surface area (Å²) >= 11 is 0. The van der Waals surface area contributed by atoms with Gasteiger partial charge >= 0.3 is 6.09 Å². The number of nitrogens with one attached hydrogen (secondary N) is 1. The molecule has 1 unspecified atom stereocenters. The van der Waals surface area contributed by atoms with Crippen molar-refractivity contribution in [3.05, 3.63) is 30.1 Å². The average Bonchev–Trinajstić information content (AvgIpc) is 2.47. The summed E-state index contributed by atoms with van der Waals surface area (Å²) in [6.07, 6.45) is 4.83. The first-order valence-electron chi connectivity index (χ1n) is 8.06. The molecule has 2 rings (SSSR count). The molecule has 1 aliphatic heterocycles. The van der Waals surface area contributed by atoms with Crippen LogP contribution in [-0.4, -0.2) is 40.7 Å². The zero-order valence-electron chi connectivity index (χ0n) is 13.8. The molecule has 1 aliphatic rings. The first-order chi connectivity index (χ1) is 10.5. The number of rotatable bonds is 4. The maximum Gasteiger partial charge on any atom is 0.410 e. The van der Waals surface area contributed by atoms with E-state index in [0.717, 1.165) is 44.6 Å². The highest BCUT2D eigenvalue weighted by Crippen LogP contribution is 2.20. The fourth-order valence-electron chi connectivity index (χ4n) is 2.64. The van der Waals surface area contributed by atoms with E-state index in [9.17, 15) is 4.79 Å². The summed E-state index contributed by atoms with van der Waals surface area (Å²) in [7, 11) is 0. The first-order valence-corrected chi connectivity index (χ1v) is 8.06. The maximum atomic E-state index is 12.3. The van der Waals surface area contributed by atoms with Crippen LogP contribution in [0, 0.1) is 0 Å². The lowest BCUT2D eigenvalue weighted by atomic mass is 10.0. The molecule has 2 heterocycles. The largest absolute Gasteiger partial charge is 0.444 e. The molecule has 5 nitrogen and oxygen atoms in total.